The van der Waals surface area contributed by atoms with Crippen molar-refractivity contribution in [3.8, 4) is 0 Å². The van der Waals surface area contributed by atoms with E-state index in [4.69, 9.17) is 4.74 Å². The van der Waals surface area contributed by atoms with Crippen molar-refractivity contribution in [1.29, 1.82) is 0 Å². The van der Waals surface area contributed by atoms with E-state index >= 15 is 0 Å². The van der Waals surface area contributed by atoms with Gasteiger partial charge in [-0.15, -0.1) is 0 Å². The minimum atomic E-state index is 0.349. The van der Waals surface area contributed by atoms with E-state index in [2.05, 4.69) is 19.2 Å². The molecule has 1 N–H and O–H groups in total. The summed E-state index contributed by atoms with van der Waals surface area (Å²) in [5.74, 6) is 0.960. The lowest BCUT2D eigenvalue weighted by Gasteiger charge is -2.32. The molecule has 0 saturated heterocycles. The summed E-state index contributed by atoms with van der Waals surface area (Å²) >= 11 is 0. The van der Waals surface area contributed by atoms with Crippen molar-refractivity contribution < 1.29 is 4.74 Å². The molecule has 2 nitrogen and oxygen atoms in total. The summed E-state index contributed by atoms with van der Waals surface area (Å²) in [4.78, 5) is 0. The van der Waals surface area contributed by atoms with Crippen LogP contribution in [0.15, 0.2) is 0 Å². The normalized spacial score (nSPS) is 21.6. The first-order valence-electron chi connectivity index (χ1n) is 6.04. The molecule has 2 heteroatoms. The summed E-state index contributed by atoms with van der Waals surface area (Å²) in [5.41, 5.74) is 0. The molecule has 0 spiro atoms. The molecular weight excluding hydrogens is 174 g/mol. The van der Waals surface area contributed by atoms with Gasteiger partial charge in [-0.1, -0.05) is 26.2 Å². The first-order chi connectivity index (χ1) is 6.77. The molecule has 1 aliphatic rings. The molecule has 2 unspecified atom stereocenters. The van der Waals surface area contributed by atoms with E-state index in [1.165, 1.54) is 32.1 Å². The first kappa shape index (κ1) is 12.0. The summed E-state index contributed by atoms with van der Waals surface area (Å²) in [6, 6.07) is 0.560. The molecule has 1 fully saturated rings. The second kappa shape index (κ2) is 6.41. The predicted molar refractivity (Wildman–Crippen MR) is 60.5 cm³/mol. The van der Waals surface area contributed by atoms with Crippen LogP contribution in [0.1, 0.15) is 46.0 Å². The van der Waals surface area contributed by atoms with Gasteiger partial charge < -0.3 is 10.1 Å². The average molecular weight is 199 g/mol. The predicted octanol–water partition coefficient (Wildman–Crippen LogP) is 2.58. The summed E-state index contributed by atoms with van der Waals surface area (Å²) in [5, 5.41) is 3.59. The molecule has 84 valence electrons. The summed E-state index contributed by atoms with van der Waals surface area (Å²) in [6.45, 7) is 5.50. The highest BCUT2D eigenvalue weighted by atomic mass is 16.5. The Morgan fingerprint density at radius 3 is 2.57 bits per heavy atom. The molecule has 0 amide bonds. The van der Waals surface area contributed by atoms with Gasteiger partial charge in [0.05, 0.1) is 6.10 Å². The third-order valence-corrected chi connectivity index (χ3v) is 3.41. The topological polar surface area (TPSA) is 21.3 Å². The van der Waals surface area contributed by atoms with Gasteiger partial charge in [-0.05, 0) is 32.2 Å². The summed E-state index contributed by atoms with van der Waals surface area (Å²) < 4.78 is 5.42. The van der Waals surface area contributed by atoms with Gasteiger partial charge in [0, 0.05) is 13.2 Å². The Bertz CT molecular complexity index is 145. The van der Waals surface area contributed by atoms with Crippen LogP contribution in [0.4, 0.5) is 0 Å². The highest BCUT2D eigenvalue weighted by molar-refractivity contribution is 4.80. The van der Waals surface area contributed by atoms with Crippen LogP contribution in [-0.4, -0.2) is 25.8 Å². The number of rotatable bonds is 7. The Morgan fingerprint density at radius 2 is 2.14 bits per heavy atom. The summed E-state index contributed by atoms with van der Waals surface area (Å²) in [7, 11) is 1.81. The molecule has 0 aromatic carbocycles. The molecule has 0 aliphatic heterocycles. The van der Waals surface area contributed by atoms with Crippen LogP contribution in [0.25, 0.3) is 0 Å². The van der Waals surface area contributed by atoms with Gasteiger partial charge in [0.1, 0.15) is 0 Å². The monoisotopic (exact) mass is 199 g/mol. The molecule has 0 aromatic heterocycles. The molecule has 1 rings (SSSR count). The maximum Gasteiger partial charge on any atom is 0.0696 e. The molecule has 0 radical (unpaired) electrons. The van der Waals surface area contributed by atoms with Gasteiger partial charge in [-0.3, -0.25) is 0 Å². The standard InChI is InChI=1S/C12H25NO/c1-4-8-13-12(10(2)14-3)9-11-6-5-7-11/h10-13H,4-9H2,1-3H3. The van der Waals surface area contributed by atoms with Crippen LogP contribution in [0, 0.1) is 5.92 Å². The van der Waals surface area contributed by atoms with E-state index in [0.29, 0.717) is 12.1 Å². The Labute approximate surface area is 88.4 Å². The minimum Gasteiger partial charge on any atom is -0.380 e. The highest BCUT2D eigenvalue weighted by Crippen LogP contribution is 2.31. The van der Waals surface area contributed by atoms with Gasteiger partial charge in [0.15, 0.2) is 0 Å². The molecule has 14 heavy (non-hydrogen) atoms. The van der Waals surface area contributed by atoms with Crippen molar-refractivity contribution in [3.05, 3.63) is 0 Å². The quantitative estimate of drug-likeness (QED) is 0.680. The maximum atomic E-state index is 5.42. The van der Waals surface area contributed by atoms with Gasteiger partial charge in [-0.25, -0.2) is 0 Å². The van der Waals surface area contributed by atoms with Crippen molar-refractivity contribution in [2.75, 3.05) is 13.7 Å². The van der Waals surface area contributed by atoms with Crippen molar-refractivity contribution >= 4 is 0 Å². The fourth-order valence-electron chi connectivity index (χ4n) is 2.02. The smallest absolute Gasteiger partial charge is 0.0696 e. The highest BCUT2D eigenvalue weighted by Gasteiger charge is 2.24. The number of nitrogens with one attached hydrogen (secondary N) is 1. The van der Waals surface area contributed by atoms with E-state index in [1.807, 2.05) is 7.11 Å². The molecular formula is C12H25NO. The zero-order valence-electron chi connectivity index (χ0n) is 9.88. The molecule has 0 bridgehead atoms. The molecule has 0 aromatic rings. The second-order valence-corrected chi connectivity index (χ2v) is 4.53. The third-order valence-electron chi connectivity index (χ3n) is 3.41. The van der Waals surface area contributed by atoms with Crippen LogP contribution in [0.5, 0.6) is 0 Å². The molecule has 1 saturated carbocycles. The van der Waals surface area contributed by atoms with E-state index in [1.54, 1.807) is 0 Å². The van der Waals surface area contributed by atoms with Crippen LogP contribution in [0.3, 0.4) is 0 Å². The number of methoxy groups -OCH3 is 1. The van der Waals surface area contributed by atoms with Gasteiger partial charge >= 0.3 is 0 Å². The maximum absolute atomic E-state index is 5.42. The van der Waals surface area contributed by atoms with Gasteiger partial charge in [0.25, 0.3) is 0 Å². The van der Waals surface area contributed by atoms with Crippen molar-refractivity contribution in [2.24, 2.45) is 5.92 Å². The third kappa shape index (κ3) is 3.58. The Hall–Kier alpha value is -0.0800. The Kier molecular flexibility index (Phi) is 5.49. The molecule has 0 heterocycles. The van der Waals surface area contributed by atoms with Crippen LogP contribution < -0.4 is 5.32 Å². The minimum absolute atomic E-state index is 0.349. The lowest BCUT2D eigenvalue weighted by molar-refractivity contribution is 0.0673. The van der Waals surface area contributed by atoms with Crippen LogP contribution in [-0.2, 0) is 4.74 Å². The van der Waals surface area contributed by atoms with E-state index in [-0.39, 0.29) is 0 Å². The fraction of sp³-hybridized carbons (Fsp3) is 1.00. The largest absolute Gasteiger partial charge is 0.380 e. The number of hydrogen-bond acceptors (Lipinski definition) is 2. The van der Waals surface area contributed by atoms with Crippen LogP contribution >= 0.6 is 0 Å². The van der Waals surface area contributed by atoms with E-state index in [0.717, 1.165) is 12.5 Å². The lowest BCUT2D eigenvalue weighted by Crippen LogP contribution is -2.42. The van der Waals surface area contributed by atoms with Gasteiger partial charge in [-0.2, -0.15) is 0 Å². The number of hydrogen-bond donors (Lipinski definition) is 1. The number of ether oxygens (including phenoxy) is 1. The Balaban J connectivity index is 2.26. The fourth-order valence-corrected chi connectivity index (χ4v) is 2.02. The molecule has 1 aliphatic carbocycles. The second-order valence-electron chi connectivity index (χ2n) is 4.53. The van der Waals surface area contributed by atoms with E-state index in [9.17, 15) is 0 Å². The van der Waals surface area contributed by atoms with Crippen molar-refractivity contribution in [1.82, 2.24) is 5.32 Å². The zero-order chi connectivity index (χ0) is 10.4. The summed E-state index contributed by atoms with van der Waals surface area (Å²) in [6.07, 6.45) is 7.16. The first-order valence-corrected chi connectivity index (χ1v) is 6.04. The van der Waals surface area contributed by atoms with Crippen LogP contribution in [0.2, 0.25) is 0 Å². The molecule has 2 atom stereocenters. The van der Waals surface area contributed by atoms with E-state index < -0.39 is 0 Å². The van der Waals surface area contributed by atoms with Crippen molar-refractivity contribution in [2.45, 2.75) is 58.1 Å². The zero-order valence-corrected chi connectivity index (χ0v) is 9.88. The SMILES string of the molecule is CCCNC(CC1CCC1)C(C)OC. The van der Waals surface area contributed by atoms with Gasteiger partial charge in [0.2, 0.25) is 0 Å². The Morgan fingerprint density at radius 1 is 1.43 bits per heavy atom. The average Bonchev–Trinajstić information content (AvgIpc) is 2.14. The lowest BCUT2D eigenvalue weighted by atomic mass is 9.80. The van der Waals surface area contributed by atoms with Crippen molar-refractivity contribution in [3.63, 3.8) is 0 Å².